The zero-order valence-corrected chi connectivity index (χ0v) is 11.5. The van der Waals surface area contributed by atoms with Gasteiger partial charge in [-0.05, 0) is 18.6 Å². The molecule has 0 amide bonds. The Morgan fingerprint density at radius 3 is 2.30 bits per heavy atom. The molecule has 1 heterocycles. The first-order valence-corrected chi connectivity index (χ1v) is 7.46. The second-order valence-corrected chi connectivity index (χ2v) is 6.13. The van der Waals surface area contributed by atoms with E-state index >= 15 is 0 Å². The molecule has 5 nitrogen and oxygen atoms in total. The summed E-state index contributed by atoms with van der Waals surface area (Å²) in [6.07, 6.45) is 0. The highest BCUT2D eigenvalue weighted by Crippen LogP contribution is 2.33. The van der Waals surface area contributed by atoms with Crippen LogP contribution in [0.2, 0.25) is 0 Å². The number of aryl methyl sites for hydroxylation is 1. The summed E-state index contributed by atoms with van der Waals surface area (Å²) in [4.78, 5) is 6.40. The predicted molar refractivity (Wildman–Crippen MR) is 73.2 cm³/mol. The Labute approximate surface area is 116 Å². The van der Waals surface area contributed by atoms with Gasteiger partial charge in [0.25, 0.3) is 0 Å². The largest absolute Gasteiger partial charge is 0.317 e. The lowest BCUT2D eigenvalue weighted by Crippen LogP contribution is -2.31. The number of hydrogen-bond acceptors (Lipinski definition) is 4. The Bertz CT molecular complexity index is 892. The first-order chi connectivity index (χ1) is 9.44. The summed E-state index contributed by atoms with van der Waals surface area (Å²) >= 11 is 0. The number of para-hydroxylation sites is 1. The van der Waals surface area contributed by atoms with Gasteiger partial charge in [0.15, 0.2) is 0 Å². The van der Waals surface area contributed by atoms with Gasteiger partial charge in [-0.25, -0.2) is 9.98 Å². The van der Waals surface area contributed by atoms with Crippen LogP contribution in [0.3, 0.4) is 0 Å². The average Bonchev–Trinajstić information content (AvgIpc) is 2.82. The van der Waals surface area contributed by atoms with Crippen molar-refractivity contribution in [3.05, 3.63) is 70.4 Å². The fourth-order valence-corrected chi connectivity index (χ4v) is 3.12. The molecular formula is C14H12N2O3S. The molecule has 1 N–H and O–H groups in total. The van der Waals surface area contributed by atoms with E-state index in [9.17, 15) is 13.0 Å². The summed E-state index contributed by atoms with van der Waals surface area (Å²) in [5.41, 5.74) is 1.13. The minimum atomic E-state index is -4.54. The van der Waals surface area contributed by atoms with Crippen LogP contribution in [0.4, 0.5) is 0 Å². The summed E-state index contributed by atoms with van der Waals surface area (Å²) in [5.74, 6) is 0. The summed E-state index contributed by atoms with van der Waals surface area (Å²) in [6.45, 7) is 1.82. The molecule has 0 aliphatic carbocycles. The van der Waals surface area contributed by atoms with E-state index < -0.39 is 15.1 Å². The Morgan fingerprint density at radius 1 is 1.00 bits per heavy atom. The third-order valence-electron chi connectivity index (χ3n) is 3.26. The van der Waals surface area contributed by atoms with Crippen molar-refractivity contribution in [3.8, 4) is 0 Å². The molecule has 1 atom stereocenters. The Balaban J connectivity index is 2.42. The minimum Gasteiger partial charge on any atom is -0.282 e. The minimum absolute atomic E-state index is 0.318. The zero-order valence-electron chi connectivity index (χ0n) is 10.7. The van der Waals surface area contributed by atoms with E-state index in [-0.39, 0.29) is 0 Å². The molecule has 0 fully saturated rings. The van der Waals surface area contributed by atoms with E-state index in [0.29, 0.717) is 16.3 Å². The predicted octanol–water partition coefficient (Wildman–Crippen LogP) is 0.946. The maximum atomic E-state index is 11.9. The molecule has 102 valence electrons. The summed E-state index contributed by atoms with van der Waals surface area (Å²) in [6, 6.07) is 13.6. The van der Waals surface area contributed by atoms with Crippen LogP contribution in [0.5, 0.6) is 0 Å². The fraction of sp³-hybridized carbons (Fsp3) is 0.143. The standard InChI is InChI=1S/C14H12N2O3S/c1-10-6-5-9-12-13(10)16-14(15-12,20(17,18)19)11-7-3-2-4-8-11/h2-9H,1H3,(H,17,18,19). The molecule has 1 aliphatic rings. The van der Waals surface area contributed by atoms with Gasteiger partial charge in [-0.2, -0.15) is 8.42 Å². The number of benzene rings is 2. The van der Waals surface area contributed by atoms with Crippen LogP contribution in [0.1, 0.15) is 11.1 Å². The van der Waals surface area contributed by atoms with Crippen molar-refractivity contribution in [2.24, 2.45) is 9.98 Å². The SMILES string of the molecule is Cc1cccc2c1=NC(c1ccccc1)(S(=O)(=O)O)N=2. The normalized spacial score (nSPS) is 20.9. The molecule has 0 saturated heterocycles. The molecule has 0 radical (unpaired) electrons. The molecule has 3 rings (SSSR count). The maximum Gasteiger partial charge on any atom is 0.317 e. The third-order valence-corrected chi connectivity index (χ3v) is 4.40. The van der Waals surface area contributed by atoms with E-state index in [1.54, 1.807) is 42.5 Å². The lowest BCUT2D eigenvalue weighted by molar-refractivity contribution is 0.433. The van der Waals surface area contributed by atoms with Gasteiger partial charge in [0.2, 0.25) is 0 Å². The summed E-state index contributed by atoms with van der Waals surface area (Å²) < 4.78 is 33.5. The second-order valence-electron chi connectivity index (χ2n) is 4.62. The maximum absolute atomic E-state index is 11.9. The molecule has 6 heteroatoms. The molecule has 1 unspecified atom stereocenters. The van der Waals surface area contributed by atoms with Crippen LogP contribution in [0, 0.1) is 6.92 Å². The Kier molecular flexibility index (Phi) is 2.74. The van der Waals surface area contributed by atoms with Crippen molar-refractivity contribution in [1.82, 2.24) is 0 Å². The zero-order chi connectivity index (χ0) is 14.4. The second kappa shape index (κ2) is 4.22. The van der Waals surface area contributed by atoms with E-state index in [1.807, 2.05) is 13.0 Å². The number of nitrogens with zero attached hydrogens (tertiary/aromatic N) is 2. The van der Waals surface area contributed by atoms with Gasteiger partial charge in [-0.3, -0.25) is 4.55 Å². The smallest absolute Gasteiger partial charge is 0.282 e. The van der Waals surface area contributed by atoms with Crippen LogP contribution in [0.25, 0.3) is 0 Å². The van der Waals surface area contributed by atoms with Crippen molar-refractivity contribution >= 4 is 10.1 Å². The quantitative estimate of drug-likeness (QED) is 0.835. The van der Waals surface area contributed by atoms with Gasteiger partial charge < -0.3 is 0 Å². The summed E-state index contributed by atoms with van der Waals surface area (Å²) in [5, 5.41) is 0.959. The van der Waals surface area contributed by atoms with Crippen LogP contribution in [-0.2, 0) is 15.1 Å². The topological polar surface area (TPSA) is 79.1 Å². The Morgan fingerprint density at radius 2 is 1.70 bits per heavy atom. The van der Waals surface area contributed by atoms with Crippen LogP contribution in [-0.4, -0.2) is 13.0 Å². The highest BCUT2D eigenvalue weighted by molar-refractivity contribution is 7.86. The number of rotatable bonds is 2. The first kappa shape index (κ1) is 13.0. The lowest BCUT2D eigenvalue weighted by atomic mass is 10.2. The van der Waals surface area contributed by atoms with Gasteiger partial charge in [0, 0.05) is 5.56 Å². The van der Waals surface area contributed by atoms with Crippen molar-refractivity contribution < 1.29 is 13.0 Å². The van der Waals surface area contributed by atoms with E-state index in [4.69, 9.17) is 0 Å². The van der Waals surface area contributed by atoms with Crippen molar-refractivity contribution in [2.45, 2.75) is 11.9 Å². The molecule has 0 spiro atoms. The first-order valence-electron chi connectivity index (χ1n) is 6.02. The van der Waals surface area contributed by atoms with E-state index in [2.05, 4.69) is 9.98 Å². The van der Waals surface area contributed by atoms with Gasteiger partial charge in [0.1, 0.15) is 0 Å². The molecule has 0 aromatic heterocycles. The van der Waals surface area contributed by atoms with Gasteiger partial charge >= 0.3 is 15.1 Å². The van der Waals surface area contributed by atoms with Crippen molar-refractivity contribution in [1.29, 1.82) is 0 Å². The van der Waals surface area contributed by atoms with E-state index in [0.717, 1.165) is 5.56 Å². The van der Waals surface area contributed by atoms with Crippen molar-refractivity contribution in [3.63, 3.8) is 0 Å². The van der Waals surface area contributed by atoms with Gasteiger partial charge in [-0.15, -0.1) is 0 Å². The fourth-order valence-electron chi connectivity index (χ4n) is 2.27. The molecule has 0 bridgehead atoms. The molecule has 2 aromatic rings. The molecule has 0 saturated carbocycles. The molecule has 2 aromatic carbocycles. The molecule has 1 aliphatic heterocycles. The number of fused-ring (bicyclic) bond motifs is 1. The van der Waals surface area contributed by atoms with Crippen molar-refractivity contribution in [2.75, 3.05) is 0 Å². The summed E-state index contributed by atoms with van der Waals surface area (Å²) in [7, 11) is -4.54. The highest BCUT2D eigenvalue weighted by atomic mass is 32.2. The van der Waals surface area contributed by atoms with Crippen LogP contribution in [0.15, 0.2) is 58.5 Å². The van der Waals surface area contributed by atoms with E-state index in [1.165, 1.54) is 0 Å². The van der Waals surface area contributed by atoms with Crippen LogP contribution >= 0.6 is 0 Å². The highest BCUT2D eigenvalue weighted by Gasteiger charge is 2.46. The average molecular weight is 288 g/mol. The molecular weight excluding hydrogens is 276 g/mol. The third kappa shape index (κ3) is 1.76. The molecule has 20 heavy (non-hydrogen) atoms. The Hall–Kier alpha value is -2.05. The van der Waals surface area contributed by atoms with Gasteiger partial charge in [0.05, 0.1) is 10.7 Å². The lowest BCUT2D eigenvalue weighted by Gasteiger charge is -2.19. The van der Waals surface area contributed by atoms with Gasteiger partial charge in [-0.1, -0.05) is 42.5 Å². The van der Waals surface area contributed by atoms with Crippen LogP contribution < -0.4 is 10.7 Å². The monoisotopic (exact) mass is 288 g/mol. The number of hydrogen-bond donors (Lipinski definition) is 1.